The van der Waals surface area contributed by atoms with Crippen molar-refractivity contribution in [1.29, 1.82) is 0 Å². The Balaban J connectivity index is 2.07. The van der Waals surface area contributed by atoms with Crippen LogP contribution in [0.2, 0.25) is 0 Å². The van der Waals surface area contributed by atoms with Gasteiger partial charge in [0.2, 0.25) is 0 Å². The quantitative estimate of drug-likeness (QED) is 0.789. The summed E-state index contributed by atoms with van der Waals surface area (Å²) in [7, 11) is 0. The number of rotatable bonds is 2. The minimum absolute atomic E-state index is 0.753. The number of nitrogens with one attached hydrogen (secondary N) is 1. The molecular weight excluding hydrogens is 190 g/mol. The molecule has 14 heavy (non-hydrogen) atoms. The van der Waals surface area contributed by atoms with Gasteiger partial charge >= 0.3 is 0 Å². The summed E-state index contributed by atoms with van der Waals surface area (Å²) >= 11 is 1.84. The van der Waals surface area contributed by atoms with Crippen LogP contribution in [-0.4, -0.2) is 13.1 Å². The zero-order valence-corrected chi connectivity index (χ0v) is 9.86. The molecule has 1 atom stereocenters. The third kappa shape index (κ3) is 2.01. The molecule has 1 N–H and O–H groups in total. The van der Waals surface area contributed by atoms with Crippen LogP contribution in [0.15, 0.2) is 10.8 Å². The molecule has 2 heterocycles. The zero-order valence-electron chi connectivity index (χ0n) is 9.05. The van der Waals surface area contributed by atoms with Crippen LogP contribution in [0.3, 0.4) is 0 Å². The van der Waals surface area contributed by atoms with E-state index >= 15 is 0 Å². The lowest BCUT2D eigenvalue weighted by molar-refractivity contribution is 0.330. The molecule has 1 saturated heterocycles. The SMILES string of the molecule is Cc1cscc1C(C)C1CCNCC1. The third-order valence-electron chi connectivity index (χ3n) is 3.48. The van der Waals surface area contributed by atoms with Crippen molar-refractivity contribution in [2.75, 3.05) is 13.1 Å². The highest BCUT2D eigenvalue weighted by Crippen LogP contribution is 2.33. The highest BCUT2D eigenvalue weighted by Gasteiger charge is 2.22. The Morgan fingerprint density at radius 3 is 2.64 bits per heavy atom. The molecule has 78 valence electrons. The van der Waals surface area contributed by atoms with E-state index in [1.165, 1.54) is 31.5 Å². The van der Waals surface area contributed by atoms with Gasteiger partial charge in [-0.1, -0.05) is 6.92 Å². The average molecular weight is 209 g/mol. The zero-order chi connectivity index (χ0) is 9.97. The molecular formula is C12H19NS. The van der Waals surface area contributed by atoms with Crippen molar-refractivity contribution in [2.45, 2.75) is 32.6 Å². The van der Waals surface area contributed by atoms with Crippen molar-refractivity contribution >= 4 is 11.3 Å². The Bertz CT molecular complexity index is 286. The van der Waals surface area contributed by atoms with E-state index in [0.717, 1.165) is 11.8 Å². The van der Waals surface area contributed by atoms with E-state index in [0.29, 0.717) is 0 Å². The van der Waals surface area contributed by atoms with E-state index in [-0.39, 0.29) is 0 Å². The molecule has 1 aliphatic rings. The van der Waals surface area contributed by atoms with E-state index in [2.05, 4.69) is 29.9 Å². The summed E-state index contributed by atoms with van der Waals surface area (Å²) in [5, 5.41) is 8.04. The Kier molecular flexibility index (Phi) is 3.24. The summed E-state index contributed by atoms with van der Waals surface area (Å²) in [5.74, 6) is 1.65. The molecule has 1 unspecified atom stereocenters. The molecule has 1 nitrogen and oxygen atoms in total. The van der Waals surface area contributed by atoms with E-state index in [1.54, 1.807) is 5.56 Å². The number of piperidine rings is 1. The molecule has 0 amide bonds. The molecule has 1 aliphatic heterocycles. The first-order chi connectivity index (χ1) is 6.79. The van der Waals surface area contributed by atoms with Crippen molar-refractivity contribution in [3.05, 3.63) is 21.9 Å². The van der Waals surface area contributed by atoms with Gasteiger partial charge < -0.3 is 5.32 Å². The van der Waals surface area contributed by atoms with Crippen LogP contribution in [0.1, 0.15) is 36.8 Å². The summed E-state index contributed by atoms with van der Waals surface area (Å²) in [6.07, 6.45) is 2.69. The van der Waals surface area contributed by atoms with Crippen LogP contribution in [0.25, 0.3) is 0 Å². The molecule has 0 bridgehead atoms. The van der Waals surface area contributed by atoms with Crippen LogP contribution in [0.5, 0.6) is 0 Å². The van der Waals surface area contributed by atoms with Gasteiger partial charge in [-0.2, -0.15) is 11.3 Å². The van der Waals surface area contributed by atoms with Crippen LogP contribution >= 0.6 is 11.3 Å². The lowest BCUT2D eigenvalue weighted by Gasteiger charge is -2.28. The second-order valence-corrected chi connectivity index (χ2v) is 5.13. The summed E-state index contributed by atoms with van der Waals surface area (Å²) in [4.78, 5) is 0. The van der Waals surface area contributed by atoms with Crippen LogP contribution in [0, 0.1) is 12.8 Å². The molecule has 0 saturated carbocycles. The van der Waals surface area contributed by atoms with Crippen molar-refractivity contribution < 1.29 is 0 Å². The fraction of sp³-hybridized carbons (Fsp3) is 0.667. The first kappa shape index (κ1) is 10.2. The molecule has 2 rings (SSSR count). The van der Waals surface area contributed by atoms with Gasteiger partial charge in [0.25, 0.3) is 0 Å². The van der Waals surface area contributed by atoms with E-state index in [4.69, 9.17) is 0 Å². The fourth-order valence-electron chi connectivity index (χ4n) is 2.44. The van der Waals surface area contributed by atoms with Gasteiger partial charge in [-0.3, -0.25) is 0 Å². The van der Waals surface area contributed by atoms with Gasteiger partial charge in [0, 0.05) is 0 Å². The van der Waals surface area contributed by atoms with Gasteiger partial charge in [0.1, 0.15) is 0 Å². The van der Waals surface area contributed by atoms with E-state index in [9.17, 15) is 0 Å². The van der Waals surface area contributed by atoms with Crippen LogP contribution < -0.4 is 5.32 Å². The molecule has 2 heteroatoms. The predicted octanol–water partition coefficient (Wildman–Crippen LogP) is 3.16. The largest absolute Gasteiger partial charge is 0.317 e. The molecule has 1 aromatic heterocycles. The van der Waals surface area contributed by atoms with Crippen LogP contribution in [0.4, 0.5) is 0 Å². The maximum atomic E-state index is 3.43. The molecule has 0 aliphatic carbocycles. The van der Waals surface area contributed by atoms with Crippen molar-refractivity contribution in [2.24, 2.45) is 5.92 Å². The van der Waals surface area contributed by atoms with E-state index in [1.807, 2.05) is 11.3 Å². The highest BCUT2D eigenvalue weighted by atomic mass is 32.1. The highest BCUT2D eigenvalue weighted by molar-refractivity contribution is 7.08. The Morgan fingerprint density at radius 2 is 2.07 bits per heavy atom. The number of hydrogen-bond acceptors (Lipinski definition) is 2. The summed E-state index contributed by atoms with van der Waals surface area (Å²) in [6, 6.07) is 0. The summed E-state index contributed by atoms with van der Waals surface area (Å²) in [5.41, 5.74) is 3.07. The van der Waals surface area contributed by atoms with Gasteiger partial charge in [-0.05, 0) is 66.6 Å². The number of aryl methyl sites for hydroxylation is 1. The maximum Gasteiger partial charge on any atom is -0.00461 e. The van der Waals surface area contributed by atoms with Gasteiger partial charge in [0.15, 0.2) is 0 Å². The fourth-order valence-corrected chi connectivity index (χ4v) is 3.39. The predicted molar refractivity (Wildman–Crippen MR) is 63.1 cm³/mol. The van der Waals surface area contributed by atoms with Crippen LogP contribution in [-0.2, 0) is 0 Å². The Morgan fingerprint density at radius 1 is 1.36 bits per heavy atom. The van der Waals surface area contributed by atoms with Crippen molar-refractivity contribution in [3.63, 3.8) is 0 Å². The molecule has 1 fully saturated rings. The Hall–Kier alpha value is -0.340. The Labute approximate surface area is 90.5 Å². The molecule has 0 aromatic carbocycles. The molecule has 0 radical (unpaired) electrons. The lowest BCUT2D eigenvalue weighted by atomic mass is 9.82. The van der Waals surface area contributed by atoms with Gasteiger partial charge in [-0.15, -0.1) is 0 Å². The minimum atomic E-state index is 0.753. The average Bonchev–Trinajstić information content (AvgIpc) is 2.65. The molecule has 1 aromatic rings. The maximum absolute atomic E-state index is 3.43. The second-order valence-electron chi connectivity index (χ2n) is 4.39. The number of hydrogen-bond donors (Lipinski definition) is 1. The normalized spacial score (nSPS) is 21.0. The lowest BCUT2D eigenvalue weighted by Crippen LogP contribution is -2.30. The third-order valence-corrected chi connectivity index (χ3v) is 4.36. The topological polar surface area (TPSA) is 12.0 Å². The summed E-state index contributed by atoms with van der Waals surface area (Å²) in [6.45, 7) is 7.05. The van der Waals surface area contributed by atoms with Crippen molar-refractivity contribution in [3.8, 4) is 0 Å². The van der Waals surface area contributed by atoms with Gasteiger partial charge in [0.05, 0.1) is 0 Å². The minimum Gasteiger partial charge on any atom is -0.317 e. The summed E-state index contributed by atoms with van der Waals surface area (Å²) < 4.78 is 0. The smallest absolute Gasteiger partial charge is 0.00461 e. The first-order valence-corrected chi connectivity index (χ1v) is 6.46. The van der Waals surface area contributed by atoms with Gasteiger partial charge in [-0.25, -0.2) is 0 Å². The monoisotopic (exact) mass is 209 g/mol. The van der Waals surface area contributed by atoms with E-state index < -0.39 is 0 Å². The second kappa shape index (κ2) is 4.45. The van der Waals surface area contributed by atoms with Crippen molar-refractivity contribution in [1.82, 2.24) is 5.32 Å². The molecule has 0 spiro atoms. The number of thiophene rings is 1. The first-order valence-electron chi connectivity index (χ1n) is 5.52. The standard InChI is InChI=1S/C12H19NS/c1-9-7-14-8-12(9)10(2)11-3-5-13-6-4-11/h7-8,10-11,13H,3-6H2,1-2H3.